The van der Waals surface area contributed by atoms with Gasteiger partial charge >= 0.3 is 0 Å². The maximum Gasteiger partial charge on any atom is 0.245 e. The number of hydrogen-bond donors (Lipinski definition) is 1. The first-order valence-corrected chi connectivity index (χ1v) is 8.06. The van der Waals surface area contributed by atoms with E-state index in [1.807, 2.05) is 17.5 Å². The van der Waals surface area contributed by atoms with E-state index < -0.39 is 0 Å². The van der Waals surface area contributed by atoms with Crippen LogP contribution in [0.4, 0.5) is 0 Å². The first-order valence-electron chi connectivity index (χ1n) is 7.18. The zero-order valence-corrected chi connectivity index (χ0v) is 13.1. The largest absolute Gasteiger partial charge is 0.345 e. The summed E-state index contributed by atoms with van der Waals surface area (Å²) in [4.78, 5) is 12.8. The third kappa shape index (κ3) is 3.24. The van der Waals surface area contributed by atoms with Gasteiger partial charge in [-0.2, -0.15) is 5.10 Å². The predicted molar refractivity (Wildman–Crippen MR) is 85.9 cm³/mol. The van der Waals surface area contributed by atoms with Gasteiger partial charge in [-0.25, -0.2) is 5.43 Å². The third-order valence-corrected chi connectivity index (χ3v) is 4.62. The maximum atomic E-state index is 11.8. The summed E-state index contributed by atoms with van der Waals surface area (Å²) in [6, 6.07) is 6.70. The lowest BCUT2D eigenvalue weighted by molar-refractivity contribution is -0.120. The summed E-state index contributed by atoms with van der Waals surface area (Å²) in [6.45, 7) is 4.23. The van der Waals surface area contributed by atoms with E-state index >= 15 is 0 Å². The SMILES string of the molecule is Cc1cc(/C=N\NC(=O)Cc2cccs2)c(C)n1C1CC1. The highest BCUT2D eigenvalue weighted by molar-refractivity contribution is 7.10. The predicted octanol–water partition coefficient (Wildman–Crippen LogP) is 3.19. The average Bonchev–Trinajstić information content (AvgIpc) is 3.06. The van der Waals surface area contributed by atoms with Crippen LogP contribution in [0.2, 0.25) is 0 Å². The Hall–Kier alpha value is -1.88. The molecule has 1 aliphatic rings. The van der Waals surface area contributed by atoms with E-state index in [0.717, 1.165) is 10.4 Å². The van der Waals surface area contributed by atoms with E-state index in [4.69, 9.17) is 0 Å². The second-order valence-corrected chi connectivity index (χ2v) is 6.51. The van der Waals surface area contributed by atoms with Gasteiger partial charge in [-0.3, -0.25) is 4.79 Å². The van der Waals surface area contributed by atoms with Gasteiger partial charge < -0.3 is 4.57 Å². The number of carbonyl (C=O) groups is 1. The van der Waals surface area contributed by atoms with Gasteiger partial charge in [0.05, 0.1) is 12.6 Å². The summed E-state index contributed by atoms with van der Waals surface area (Å²) in [7, 11) is 0. The van der Waals surface area contributed by atoms with Gasteiger partial charge in [-0.15, -0.1) is 11.3 Å². The van der Waals surface area contributed by atoms with Crippen LogP contribution in [0.25, 0.3) is 0 Å². The number of nitrogens with zero attached hydrogens (tertiary/aromatic N) is 2. The molecule has 1 saturated carbocycles. The van der Waals surface area contributed by atoms with E-state index in [0.29, 0.717) is 12.5 Å². The fraction of sp³-hybridized carbons (Fsp3) is 0.375. The smallest absolute Gasteiger partial charge is 0.245 e. The summed E-state index contributed by atoms with van der Waals surface area (Å²) < 4.78 is 2.37. The van der Waals surface area contributed by atoms with Crippen LogP contribution in [0.15, 0.2) is 28.7 Å². The van der Waals surface area contributed by atoms with Gasteiger partial charge in [-0.05, 0) is 44.2 Å². The normalized spacial score (nSPS) is 14.8. The molecular weight excluding hydrogens is 282 g/mol. The Bertz CT molecular complexity index is 666. The lowest BCUT2D eigenvalue weighted by atomic mass is 10.3. The van der Waals surface area contributed by atoms with Crippen LogP contribution in [0, 0.1) is 13.8 Å². The molecule has 0 aliphatic heterocycles. The standard InChI is InChI=1S/C16H19N3OS/c1-11-8-13(12(2)19(11)14-5-6-14)10-17-18-16(20)9-15-4-3-7-21-15/h3-4,7-8,10,14H,5-6,9H2,1-2H3,(H,18,20)/b17-10-. The second kappa shape index (κ2) is 5.85. The van der Waals surface area contributed by atoms with Crippen molar-refractivity contribution in [2.75, 3.05) is 0 Å². The lowest BCUT2D eigenvalue weighted by Crippen LogP contribution is -2.19. The van der Waals surface area contributed by atoms with Crippen molar-refractivity contribution in [3.63, 3.8) is 0 Å². The second-order valence-electron chi connectivity index (χ2n) is 5.48. The van der Waals surface area contributed by atoms with Crippen molar-refractivity contribution in [1.29, 1.82) is 0 Å². The third-order valence-electron chi connectivity index (χ3n) is 3.74. The number of rotatable bonds is 5. The van der Waals surface area contributed by atoms with Crippen LogP contribution in [-0.4, -0.2) is 16.7 Å². The Balaban J connectivity index is 1.61. The Morgan fingerprint density at radius 3 is 3.00 bits per heavy atom. The summed E-state index contributed by atoms with van der Waals surface area (Å²) in [5, 5.41) is 6.05. The van der Waals surface area contributed by atoms with Crippen molar-refractivity contribution < 1.29 is 4.79 Å². The van der Waals surface area contributed by atoms with Crippen LogP contribution in [0.3, 0.4) is 0 Å². The minimum atomic E-state index is -0.0790. The fourth-order valence-electron chi connectivity index (χ4n) is 2.61. The molecule has 110 valence electrons. The minimum Gasteiger partial charge on any atom is -0.345 e. The van der Waals surface area contributed by atoms with Crippen molar-refractivity contribution >= 4 is 23.5 Å². The van der Waals surface area contributed by atoms with Crippen LogP contribution >= 0.6 is 11.3 Å². The van der Waals surface area contributed by atoms with Gasteiger partial charge in [0.15, 0.2) is 0 Å². The summed E-state index contributed by atoms with van der Waals surface area (Å²) in [6.07, 6.45) is 4.67. The minimum absolute atomic E-state index is 0.0790. The van der Waals surface area contributed by atoms with E-state index in [2.05, 4.69) is 35.0 Å². The number of aryl methyl sites for hydroxylation is 1. The molecule has 21 heavy (non-hydrogen) atoms. The number of thiophene rings is 1. The Labute approximate surface area is 128 Å². The Morgan fingerprint density at radius 2 is 2.33 bits per heavy atom. The number of nitrogens with one attached hydrogen (secondary N) is 1. The van der Waals surface area contributed by atoms with Gasteiger partial charge in [0.2, 0.25) is 5.91 Å². The molecule has 5 heteroatoms. The van der Waals surface area contributed by atoms with Crippen LogP contribution in [-0.2, 0) is 11.2 Å². The van der Waals surface area contributed by atoms with Crippen molar-refractivity contribution in [2.45, 2.75) is 39.2 Å². The van der Waals surface area contributed by atoms with Gasteiger partial charge in [0.1, 0.15) is 0 Å². The highest BCUT2D eigenvalue weighted by Gasteiger charge is 2.26. The number of aromatic nitrogens is 1. The van der Waals surface area contributed by atoms with Crippen molar-refractivity contribution in [3.05, 3.63) is 45.4 Å². The summed E-state index contributed by atoms with van der Waals surface area (Å²) >= 11 is 1.58. The van der Waals surface area contributed by atoms with Crippen molar-refractivity contribution in [2.24, 2.45) is 5.10 Å². The molecule has 2 aromatic heterocycles. The molecule has 2 aromatic rings. The van der Waals surface area contributed by atoms with E-state index in [9.17, 15) is 4.79 Å². The van der Waals surface area contributed by atoms with E-state index in [-0.39, 0.29) is 5.91 Å². The molecule has 1 N–H and O–H groups in total. The molecule has 0 atom stereocenters. The van der Waals surface area contributed by atoms with Crippen molar-refractivity contribution in [1.82, 2.24) is 9.99 Å². The van der Waals surface area contributed by atoms with Crippen molar-refractivity contribution in [3.8, 4) is 0 Å². The highest BCUT2D eigenvalue weighted by Crippen LogP contribution is 2.38. The molecule has 0 bridgehead atoms. The molecule has 0 spiro atoms. The van der Waals surface area contributed by atoms with Crippen LogP contribution < -0.4 is 5.43 Å². The van der Waals surface area contributed by atoms with Crippen LogP contribution in [0.1, 0.15) is 40.7 Å². The average molecular weight is 301 g/mol. The Morgan fingerprint density at radius 1 is 1.52 bits per heavy atom. The molecule has 1 amide bonds. The van der Waals surface area contributed by atoms with Gasteiger partial charge in [0, 0.05) is 27.9 Å². The summed E-state index contributed by atoms with van der Waals surface area (Å²) in [5.74, 6) is -0.0790. The van der Waals surface area contributed by atoms with Crippen LogP contribution in [0.5, 0.6) is 0 Å². The van der Waals surface area contributed by atoms with Gasteiger partial charge in [0.25, 0.3) is 0 Å². The molecule has 0 unspecified atom stereocenters. The van der Waals surface area contributed by atoms with E-state index in [1.165, 1.54) is 24.2 Å². The topological polar surface area (TPSA) is 46.4 Å². The number of hydrazone groups is 1. The van der Waals surface area contributed by atoms with Gasteiger partial charge in [-0.1, -0.05) is 6.07 Å². The molecule has 0 saturated heterocycles. The lowest BCUT2D eigenvalue weighted by Gasteiger charge is -2.06. The molecule has 1 fully saturated rings. The molecular formula is C16H19N3OS. The molecule has 0 radical (unpaired) electrons. The molecule has 4 nitrogen and oxygen atoms in total. The fourth-order valence-corrected chi connectivity index (χ4v) is 3.32. The summed E-state index contributed by atoms with van der Waals surface area (Å²) in [5.41, 5.74) is 6.17. The zero-order valence-electron chi connectivity index (χ0n) is 12.3. The monoisotopic (exact) mass is 301 g/mol. The highest BCUT2D eigenvalue weighted by atomic mass is 32.1. The zero-order chi connectivity index (χ0) is 14.8. The first-order chi connectivity index (χ1) is 10.1. The first kappa shape index (κ1) is 14.1. The molecule has 3 rings (SSSR count). The number of hydrogen-bond acceptors (Lipinski definition) is 3. The van der Waals surface area contributed by atoms with E-state index in [1.54, 1.807) is 17.6 Å². The quantitative estimate of drug-likeness (QED) is 0.669. The molecule has 2 heterocycles. The molecule has 1 aliphatic carbocycles. The Kier molecular flexibility index (Phi) is 3.92. The number of amides is 1. The number of carbonyl (C=O) groups excluding carboxylic acids is 1. The molecule has 0 aromatic carbocycles. The maximum absolute atomic E-state index is 11.8.